The molecule has 0 unspecified atom stereocenters. The Morgan fingerprint density at radius 2 is 2.28 bits per heavy atom. The highest BCUT2D eigenvalue weighted by Gasteiger charge is 2.19. The van der Waals surface area contributed by atoms with Gasteiger partial charge in [-0.05, 0) is 30.9 Å². The Morgan fingerprint density at radius 3 is 2.94 bits per heavy atom. The first-order chi connectivity index (χ1) is 8.88. The minimum Gasteiger partial charge on any atom is -0.356 e. The van der Waals surface area contributed by atoms with Crippen molar-refractivity contribution in [1.29, 1.82) is 0 Å². The molecule has 1 fully saturated rings. The van der Waals surface area contributed by atoms with Crippen LogP contribution in [0.5, 0.6) is 0 Å². The number of rotatable bonds is 6. The Labute approximate surface area is 109 Å². The van der Waals surface area contributed by atoms with Crippen LogP contribution in [-0.2, 0) is 6.54 Å². The van der Waals surface area contributed by atoms with Gasteiger partial charge < -0.3 is 10.6 Å². The van der Waals surface area contributed by atoms with Gasteiger partial charge in [-0.3, -0.25) is 9.98 Å². The van der Waals surface area contributed by atoms with Crippen molar-refractivity contribution in [3.05, 3.63) is 30.1 Å². The van der Waals surface area contributed by atoms with Gasteiger partial charge >= 0.3 is 0 Å². The molecule has 1 heterocycles. The first-order valence-corrected chi connectivity index (χ1v) is 6.73. The molecule has 0 aromatic carbocycles. The average molecular weight is 246 g/mol. The van der Waals surface area contributed by atoms with E-state index >= 15 is 0 Å². The molecule has 1 aromatic heterocycles. The van der Waals surface area contributed by atoms with Crippen LogP contribution in [0.25, 0.3) is 0 Å². The van der Waals surface area contributed by atoms with Gasteiger partial charge in [-0.25, -0.2) is 0 Å². The number of nitrogens with zero attached hydrogens (tertiary/aromatic N) is 2. The number of aliphatic imine (C=N–C) groups is 1. The quantitative estimate of drug-likeness (QED) is 0.458. The Hall–Kier alpha value is -1.58. The van der Waals surface area contributed by atoms with E-state index in [4.69, 9.17) is 0 Å². The smallest absolute Gasteiger partial charge is 0.191 e. The van der Waals surface area contributed by atoms with Gasteiger partial charge in [-0.15, -0.1) is 0 Å². The summed E-state index contributed by atoms with van der Waals surface area (Å²) in [5.74, 6) is 1.87. The van der Waals surface area contributed by atoms with Gasteiger partial charge in [0, 0.05) is 19.8 Å². The van der Waals surface area contributed by atoms with Gasteiger partial charge in [-0.1, -0.05) is 18.9 Å². The summed E-state index contributed by atoms with van der Waals surface area (Å²) in [6.45, 7) is 1.71. The molecule has 1 saturated carbocycles. The molecule has 1 aliphatic carbocycles. The molecule has 4 nitrogen and oxygen atoms in total. The molecule has 0 bridgehead atoms. The van der Waals surface area contributed by atoms with Crippen LogP contribution in [0, 0.1) is 5.92 Å². The molecular weight excluding hydrogens is 224 g/mol. The molecule has 0 amide bonds. The molecule has 4 heteroatoms. The van der Waals surface area contributed by atoms with E-state index in [1.54, 1.807) is 7.05 Å². The van der Waals surface area contributed by atoms with Gasteiger partial charge in [0.25, 0.3) is 0 Å². The Bertz CT molecular complexity index is 371. The van der Waals surface area contributed by atoms with Crippen molar-refractivity contribution in [2.75, 3.05) is 13.6 Å². The van der Waals surface area contributed by atoms with Crippen LogP contribution in [-0.4, -0.2) is 24.5 Å². The van der Waals surface area contributed by atoms with E-state index in [1.807, 2.05) is 24.4 Å². The maximum Gasteiger partial charge on any atom is 0.191 e. The van der Waals surface area contributed by atoms with Crippen molar-refractivity contribution in [2.24, 2.45) is 10.9 Å². The highest BCUT2D eigenvalue weighted by Crippen LogP contribution is 2.33. The second-order valence-electron chi connectivity index (χ2n) is 4.76. The average Bonchev–Trinajstić information content (AvgIpc) is 3.23. The zero-order valence-corrected chi connectivity index (χ0v) is 11.0. The molecule has 0 aliphatic heterocycles. The lowest BCUT2D eigenvalue weighted by atomic mass is 10.2. The molecule has 0 radical (unpaired) electrons. The van der Waals surface area contributed by atoms with Crippen LogP contribution in [0.2, 0.25) is 0 Å². The van der Waals surface area contributed by atoms with E-state index < -0.39 is 0 Å². The predicted octanol–water partition coefficient (Wildman–Crippen LogP) is 1.94. The topological polar surface area (TPSA) is 49.3 Å². The van der Waals surface area contributed by atoms with Crippen LogP contribution in [0.15, 0.2) is 29.4 Å². The summed E-state index contributed by atoms with van der Waals surface area (Å²) in [5.41, 5.74) is 1.03. The third-order valence-electron chi connectivity index (χ3n) is 3.17. The third-order valence-corrected chi connectivity index (χ3v) is 3.17. The monoisotopic (exact) mass is 246 g/mol. The molecule has 2 rings (SSSR count). The van der Waals surface area contributed by atoms with Crippen molar-refractivity contribution in [3.63, 3.8) is 0 Å². The highest BCUT2D eigenvalue weighted by molar-refractivity contribution is 5.79. The summed E-state index contributed by atoms with van der Waals surface area (Å²) in [5, 5.41) is 6.60. The fourth-order valence-corrected chi connectivity index (χ4v) is 1.90. The largest absolute Gasteiger partial charge is 0.356 e. The lowest BCUT2D eigenvalue weighted by Gasteiger charge is -2.11. The normalized spacial score (nSPS) is 15.5. The molecular formula is C14H22N4. The number of hydrogen-bond donors (Lipinski definition) is 2. The van der Waals surface area contributed by atoms with Crippen molar-refractivity contribution in [3.8, 4) is 0 Å². The molecule has 1 aliphatic rings. The first-order valence-electron chi connectivity index (χ1n) is 6.73. The van der Waals surface area contributed by atoms with Crippen molar-refractivity contribution < 1.29 is 0 Å². The van der Waals surface area contributed by atoms with Gasteiger partial charge in [0.2, 0.25) is 0 Å². The van der Waals surface area contributed by atoms with Crippen LogP contribution < -0.4 is 10.6 Å². The Kier molecular flexibility index (Phi) is 5.00. The Morgan fingerprint density at radius 1 is 1.39 bits per heavy atom. The number of hydrogen-bond acceptors (Lipinski definition) is 2. The SMILES string of the molecule is CN=C(NCCCC1CC1)NCc1ccccn1. The fraction of sp³-hybridized carbons (Fsp3) is 0.571. The summed E-state index contributed by atoms with van der Waals surface area (Å²) >= 11 is 0. The molecule has 2 N–H and O–H groups in total. The van der Waals surface area contributed by atoms with Crippen LogP contribution in [0.3, 0.4) is 0 Å². The van der Waals surface area contributed by atoms with E-state index in [0.717, 1.165) is 24.1 Å². The van der Waals surface area contributed by atoms with Crippen molar-refractivity contribution >= 4 is 5.96 Å². The first kappa shape index (κ1) is 12.9. The molecule has 18 heavy (non-hydrogen) atoms. The van der Waals surface area contributed by atoms with Crippen LogP contribution in [0.1, 0.15) is 31.4 Å². The lowest BCUT2D eigenvalue weighted by Crippen LogP contribution is -2.37. The fourth-order valence-electron chi connectivity index (χ4n) is 1.90. The zero-order valence-electron chi connectivity index (χ0n) is 11.0. The van der Waals surface area contributed by atoms with Gasteiger partial charge in [0.15, 0.2) is 5.96 Å². The van der Waals surface area contributed by atoms with Crippen LogP contribution >= 0.6 is 0 Å². The number of pyridine rings is 1. The second kappa shape index (κ2) is 6.99. The molecule has 0 spiro atoms. The minimum absolute atomic E-state index is 0.711. The van der Waals surface area contributed by atoms with Gasteiger partial charge in [0.05, 0.1) is 12.2 Å². The second-order valence-corrected chi connectivity index (χ2v) is 4.76. The van der Waals surface area contributed by atoms with Crippen molar-refractivity contribution in [2.45, 2.75) is 32.2 Å². The molecule has 1 aromatic rings. The number of nitrogens with one attached hydrogen (secondary N) is 2. The summed E-state index contributed by atoms with van der Waals surface area (Å²) in [4.78, 5) is 8.47. The van der Waals surface area contributed by atoms with Crippen LogP contribution in [0.4, 0.5) is 0 Å². The summed E-state index contributed by atoms with van der Waals surface area (Å²) in [6, 6.07) is 5.93. The maximum absolute atomic E-state index is 4.27. The van der Waals surface area contributed by atoms with Gasteiger partial charge in [-0.2, -0.15) is 0 Å². The number of guanidine groups is 1. The third kappa shape index (κ3) is 4.73. The van der Waals surface area contributed by atoms with Gasteiger partial charge in [0.1, 0.15) is 0 Å². The molecule has 0 atom stereocenters. The predicted molar refractivity (Wildman–Crippen MR) is 74.4 cm³/mol. The van der Waals surface area contributed by atoms with E-state index in [0.29, 0.717) is 6.54 Å². The summed E-state index contributed by atoms with van der Waals surface area (Å²) < 4.78 is 0. The van der Waals surface area contributed by atoms with E-state index in [1.165, 1.54) is 25.7 Å². The molecule has 0 saturated heterocycles. The van der Waals surface area contributed by atoms with E-state index in [2.05, 4.69) is 20.6 Å². The number of aromatic nitrogens is 1. The lowest BCUT2D eigenvalue weighted by molar-refractivity contribution is 0.644. The minimum atomic E-state index is 0.711. The van der Waals surface area contributed by atoms with Crippen molar-refractivity contribution in [1.82, 2.24) is 15.6 Å². The summed E-state index contributed by atoms with van der Waals surface area (Å²) in [6.07, 6.45) is 7.27. The standard InChI is InChI=1S/C14H22N4/c1-15-14(17-10-4-5-12-7-8-12)18-11-13-6-2-3-9-16-13/h2-3,6,9,12H,4-5,7-8,10-11H2,1H3,(H2,15,17,18). The zero-order chi connectivity index (χ0) is 12.6. The van der Waals surface area contributed by atoms with E-state index in [-0.39, 0.29) is 0 Å². The summed E-state index contributed by atoms with van der Waals surface area (Å²) in [7, 11) is 1.80. The molecule has 98 valence electrons. The maximum atomic E-state index is 4.27. The van der Waals surface area contributed by atoms with E-state index in [9.17, 15) is 0 Å². The highest BCUT2D eigenvalue weighted by atomic mass is 15.2. The Balaban J connectivity index is 1.62.